The molecule has 4 rings (SSSR count). The summed E-state index contributed by atoms with van der Waals surface area (Å²) in [5, 5.41) is 3.35. The molecular formula is C21H23ClN6O3. The monoisotopic (exact) mass is 442 g/mol. The molecule has 2 N–H and O–H groups in total. The summed E-state index contributed by atoms with van der Waals surface area (Å²) in [5.74, 6) is -0.271. The minimum atomic E-state index is -0.420. The van der Waals surface area contributed by atoms with Crippen molar-refractivity contribution in [3.05, 3.63) is 67.6 Å². The quantitative estimate of drug-likeness (QED) is 0.583. The number of rotatable bonds is 4. The highest BCUT2D eigenvalue weighted by Crippen LogP contribution is 2.25. The second-order valence-corrected chi connectivity index (χ2v) is 7.88. The smallest absolute Gasteiger partial charge is 0.328 e. The zero-order valence-electron chi connectivity index (χ0n) is 17.3. The molecule has 1 aliphatic rings. The van der Waals surface area contributed by atoms with E-state index in [0.29, 0.717) is 28.3 Å². The van der Waals surface area contributed by atoms with Crippen molar-refractivity contribution in [1.82, 2.24) is 24.8 Å². The number of nitrogens with one attached hydrogen (secondary N) is 2. The Bertz CT molecular complexity index is 1260. The number of nitrogens with zero attached hydrogens (tertiary/aromatic N) is 4. The zero-order chi connectivity index (χ0) is 22.1. The Balaban J connectivity index is 1.44. The number of carbonyl (C=O) groups is 1. The molecule has 9 nitrogen and oxygen atoms in total. The maximum Gasteiger partial charge on any atom is 0.328 e. The Morgan fingerprint density at radius 1 is 1.16 bits per heavy atom. The van der Waals surface area contributed by atoms with Crippen LogP contribution in [0.5, 0.6) is 0 Å². The van der Waals surface area contributed by atoms with Gasteiger partial charge in [0.1, 0.15) is 5.69 Å². The molecular weight excluding hydrogens is 420 g/mol. The predicted octanol–water partition coefficient (Wildman–Crippen LogP) is 0.957. The summed E-state index contributed by atoms with van der Waals surface area (Å²) in [6, 6.07) is 9.05. The summed E-state index contributed by atoms with van der Waals surface area (Å²) in [6.45, 7) is 3.89. The Labute approximate surface area is 183 Å². The molecule has 162 valence electrons. The third-order valence-corrected chi connectivity index (χ3v) is 5.85. The molecule has 0 bridgehead atoms. The van der Waals surface area contributed by atoms with E-state index in [0.717, 1.165) is 42.0 Å². The van der Waals surface area contributed by atoms with E-state index in [2.05, 4.69) is 25.1 Å². The van der Waals surface area contributed by atoms with Gasteiger partial charge in [0.2, 0.25) is 0 Å². The molecule has 1 saturated heterocycles. The normalized spacial score (nSPS) is 14.7. The van der Waals surface area contributed by atoms with Crippen LogP contribution in [0.25, 0.3) is 10.9 Å². The number of amides is 1. The topological polar surface area (TPSA) is 103 Å². The van der Waals surface area contributed by atoms with E-state index in [1.165, 1.54) is 7.05 Å². The highest BCUT2D eigenvalue weighted by molar-refractivity contribution is 6.32. The van der Waals surface area contributed by atoms with Gasteiger partial charge in [-0.1, -0.05) is 17.7 Å². The molecule has 0 atom stereocenters. The lowest BCUT2D eigenvalue weighted by atomic mass is 10.1. The Morgan fingerprint density at radius 3 is 2.58 bits per heavy atom. The lowest BCUT2D eigenvalue weighted by Gasteiger charge is -2.36. The van der Waals surface area contributed by atoms with Gasteiger partial charge in [-0.05, 0) is 29.8 Å². The van der Waals surface area contributed by atoms with Crippen molar-refractivity contribution in [2.45, 2.75) is 6.54 Å². The summed E-state index contributed by atoms with van der Waals surface area (Å²) >= 11 is 6.32. The number of aromatic amines is 1. The van der Waals surface area contributed by atoms with Crippen LogP contribution in [0.15, 0.2) is 39.9 Å². The maximum absolute atomic E-state index is 12.2. The lowest BCUT2D eigenvalue weighted by molar-refractivity contribution is 0.0958. The number of hydrogen-bond donors (Lipinski definition) is 2. The number of anilines is 1. The summed E-state index contributed by atoms with van der Waals surface area (Å²) in [6.07, 6.45) is 0. The van der Waals surface area contributed by atoms with Gasteiger partial charge < -0.3 is 15.2 Å². The van der Waals surface area contributed by atoms with Crippen LogP contribution in [0.3, 0.4) is 0 Å². The molecule has 10 heteroatoms. The first-order chi connectivity index (χ1) is 14.9. The molecule has 0 spiro atoms. The van der Waals surface area contributed by atoms with Crippen molar-refractivity contribution in [2.75, 3.05) is 38.1 Å². The van der Waals surface area contributed by atoms with Gasteiger partial charge in [0.05, 0.1) is 16.6 Å². The maximum atomic E-state index is 12.2. The molecule has 1 aromatic carbocycles. The number of halogens is 1. The second-order valence-electron chi connectivity index (χ2n) is 7.52. The Kier molecular flexibility index (Phi) is 5.79. The van der Waals surface area contributed by atoms with E-state index < -0.39 is 5.69 Å². The van der Waals surface area contributed by atoms with Gasteiger partial charge in [-0.2, -0.15) is 0 Å². The number of carbonyl (C=O) groups excluding carboxylic acids is 1. The summed E-state index contributed by atoms with van der Waals surface area (Å²) in [5.41, 5.74) is 1.97. The van der Waals surface area contributed by atoms with E-state index in [-0.39, 0.29) is 11.5 Å². The molecule has 0 radical (unpaired) electrons. The summed E-state index contributed by atoms with van der Waals surface area (Å²) in [7, 11) is 3.01. The van der Waals surface area contributed by atoms with Crippen LogP contribution in [-0.4, -0.2) is 58.6 Å². The number of H-pyrrole nitrogens is 1. The van der Waals surface area contributed by atoms with E-state index >= 15 is 0 Å². The molecule has 3 heterocycles. The first-order valence-corrected chi connectivity index (χ1v) is 10.3. The van der Waals surface area contributed by atoms with Crippen molar-refractivity contribution in [1.29, 1.82) is 0 Å². The molecule has 1 aliphatic heterocycles. The number of hydrogen-bond acceptors (Lipinski definition) is 6. The minimum absolute atomic E-state index is 0.271. The van der Waals surface area contributed by atoms with Crippen molar-refractivity contribution in [3.8, 4) is 0 Å². The third kappa shape index (κ3) is 4.19. The van der Waals surface area contributed by atoms with Gasteiger partial charge in [0, 0.05) is 46.8 Å². The van der Waals surface area contributed by atoms with E-state index in [1.807, 2.05) is 18.2 Å². The fraction of sp³-hybridized carbons (Fsp3) is 0.333. The van der Waals surface area contributed by atoms with Gasteiger partial charge in [-0.15, -0.1) is 0 Å². The molecule has 2 aromatic heterocycles. The number of piperazine rings is 1. The van der Waals surface area contributed by atoms with Gasteiger partial charge in [0.25, 0.3) is 11.5 Å². The van der Waals surface area contributed by atoms with Gasteiger partial charge in [-0.3, -0.25) is 19.1 Å². The summed E-state index contributed by atoms with van der Waals surface area (Å²) in [4.78, 5) is 47.2. The molecule has 0 saturated carbocycles. The van der Waals surface area contributed by atoms with Crippen LogP contribution in [0.1, 0.15) is 16.1 Å². The zero-order valence-corrected chi connectivity index (χ0v) is 18.1. The van der Waals surface area contributed by atoms with E-state index in [1.54, 1.807) is 19.2 Å². The first-order valence-electron chi connectivity index (χ1n) is 9.95. The van der Waals surface area contributed by atoms with Crippen molar-refractivity contribution in [3.63, 3.8) is 0 Å². The highest BCUT2D eigenvalue weighted by atomic mass is 35.5. The van der Waals surface area contributed by atoms with Crippen molar-refractivity contribution < 1.29 is 4.79 Å². The standard InChI is InChI=1S/C21H23ClN6O3/c1-23-19(29)15-5-6-17(18(22)24-15)28-9-7-27(8-10-28)12-13-3-4-14-16(11-13)25-21(31)26(2)20(14)30/h3-6,11H,7-10,12H2,1-2H3,(H,23,29)(H,25,31). The van der Waals surface area contributed by atoms with Gasteiger partial charge in [0.15, 0.2) is 5.15 Å². The number of pyridine rings is 1. The fourth-order valence-corrected chi connectivity index (χ4v) is 4.05. The largest absolute Gasteiger partial charge is 0.366 e. The number of fused-ring (bicyclic) bond motifs is 1. The second kappa shape index (κ2) is 8.52. The van der Waals surface area contributed by atoms with Crippen LogP contribution < -0.4 is 21.5 Å². The van der Waals surface area contributed by atoms with Gasteiger partial charge in [-0.25, -0.2) is 9.78 Å². The minimum Gasteiger partial charge on any atom is -0.366 e. The number of aromatic nitrogens is 3. The van der Waals surface area contributed by atoms with E-state index in [9.17, 15) is 14.4 Å². The molecule has 0 unspecified atom stereocenters. The van der Waals surface area contributed by atoms with Crippen LogP contribution in [-0.2, 0) is 13.6 Å². The number of benzene rings is 1. The van der Waals surface area contributed by atoms with Crippen LogP contribution >= 0.6 is 11.6 Å². The fourth-order valence-electron chi connectivity index (χ4n) is 3.77. The lowest BCUT2D eigenvalue weighted by Crippen LogP contribution is -2.46. The molecule has 1 fully saturated rings. The predicted molar refractivity (Wildman–Crippen MR) is 120 cm³/mol. The van der Waals surface area contributed by atoms with Crippen LogP contribution in [0, 0.1) is 0 Å². The molecule has 31 heavy (non-hydrogen) atoms. The Morgan fingerprint density at radius 2 is 1.90 bits per heavy atom. The van der Waals surface area contributed by atoms with Crippen molar-refractivity contribution >= 4 is 34.1 Å². The third-order valence-electron chi connectivity index (χ3n) is 5.57. The summed E-state index contributed by atoms with van der Waals surface area (Å²) < 4.78 is 1.07. The molecule has 0 aliphatic carbocycles. The van der Waals surface area contributed by atoms with Crippen molar-refractivity contribution in [2.24, 2.45) is 7.05 Å². The van der Waals surface area contributed by atoms with Crippen LogP contribution in [0.2, 0.25) is 5.15 Å². The first kappa shape index (κ1) is 21.1. The Hall–Kier alpha value is -3.17. The average molecular weight is 443 g/mol. The van der Waals surface area contributed by atoms with E-state index in [4.69, 9.17) is 11.6 Å². The molecule has 1 amide bonds. The SMILES string of the molecule is CNC(=O)c1ccc(N2CCN(Cc3ccc4c(=O)n(C)c(=O)[nH]c4c3)CC2)c(Cl)n1. The average Bonchev–Trinajstić information content (AvgIpc) is 2.77. The highest BCUT2D eigenvalue weighted by Gasteiger charge is 2.21. The van der Waals surface area contributed by atoms with Gasteiger partial charge >= 0.3 is 5.69 Å². The molecule has 3 aromatic rings. The van der Waals surface area contributed by atoms with Crippen LogP contribution in [0.4, 0.5) is 5.69 Å².